The zero-order chi connectivity index (χ0) is 20.8. The van der Waals surface area contributed by atoms with Gasteiger partial charge in [-0.25, -0.2) is 0 Å². The Morgan fingerprint density at radius 1 is 0.857 bits per heavy atom. The van der Waals surface area contributed by atoms with E-state index < -0.39 is 23.3 Å². The Morgan fingerprint density at radius 2 is 1.36 bits per heavy atom. The lowest BCUT2D eigenvalue weighted by Crippen LogP contribution is -2.33. The van der Waals surface area contributed by atoms with Crippen molar-refractivity contribution >= 4 is 17.5 Å². The van der Waals surface area contributed by atoms with Gasteiger partial charge in [-0.1, -0.05) is 70.4 Å². The van der Waals surface area contributed by atoms with Crippen molar-refractivity contribution in [3.8, 4) is 0 Å². The molecule has 0 aliphatic carbocycles. The van der Waals surface area contributed by atoms with Crippen LogP contribution < -0.4 is 0 Å². The highest BCUT2D eigenvalue weighted by molar-refractivity contribution is 6.22. The van der Waals surface area contributed by atoms with E-state index in [9.17, 15) is 14.4 Å². The molecule has 0 bridgehead atoms. The summed E-state index contributed by atoms with van der Waals surface area (Å²) in [6, 6.07) is 0. The number of carbonyl (C=O) groups is 3. The first-order valence-corrected chi connectivity index (χ1v) is 11.3. The maximum absolute atomic E-state index is 12.2. The minimum atomic E-state index is -1.19. The van der Waals surface area contributed by atoms with Crippen LogP contribution in [0.2, 0.25) is 0 Å². The second-order valence-corrected chi connectivity index (χ2v) is 8.53. The number of carbonyl (C=O) groups excluding carboxylic acids is 3. The van der Waals surface area contributed by atoms with E-state index in [4.69, 9.17) is 4.74 Å². The zero-order valence-corrected chi connectivity index (χ0v) is 18.3. The molecule has 1 rings (SSSR count). The molecule has 4 nitrogen and oxygen atoms in total. The van der Waals surface area contributed by atoms with E-state index in [0.29, 0.717) is 6.42 Å². The summed E-state index contributed by atoms with van der Waals surface area (Å²) in [6.45, 7) is 5.34. The number of unbranched alkanes of at least 4 members (excludes halogenated alkanes) is 11. The number of esters is 1. The minimum absolute atomic E-state index is 0.279. The SMILES string of the molecule is CCCCCCCCC=CCCCCCCCC(=O)C1C(=O)OC(C)(C)C1=O. The van der Waals surface area contributed by atoms with E-state index in [-0.39, 0.29) is 5.78 Å². The van der Waals surface area contributed by atoms with Crippen molar-refractivity contribution in [1.29, 1.82) is 0 Å². The summed E-state index contributed by atoms with van der Waals surface area (Å²) in [5.41, 5.74) is -1.15. The molecule has 0 saturated carbocycles. The van der Waals surface area contributed by atoms with E-state index in [1.165, 1.54) is 51.4 Å². The number of hydrogen-bond acceptors (Lipinski definition) is 4. The fourth-order valence-electron chi connectivity index (χ4n) is 3.61. The number of allylic oxidation sites excluding steroid dienone is 2. The fourth-order valence-corrected chi connectivity index (χ4v) is 3.61. The predicted molar refractivity (Wildman–Crippen MR) is 113 cm³/mol. The van der Waals surface area contributed by atoms with Crippen LogP contribution in [0.4, 0.5) is 0 Å². The Labute approximate surface area is 171 Å². The van der Waals surface area contributed by atoms with Crippen molar-refractivity contribution in [3.63, 3.8) is 0 Å². The van der Waals surface area contributed by atoms with Gasteiger partial charge < -0.3 is 4.74 Å². The minimum Gasteiger partial charge on any atom is -0.451 e. The molecule has 0 spiro atoms. The smallest absolute Gasteiger partial charge is 0.325 e. The van der Waals surface area contributed by atoms with Crippen LogP contribution in [-0.2, 0) is 19.1 Å². The van der Waals surface area contributed by atoms with Gasteiger partial charge in [-0.3, -0.25) is 14.4 Å². The first kappa shape index (κ1) is 24.6. The van der Waals surface area contributed by atoms with Gasteiger partial charge in [0.2, 0.25) is 0 Å². The summed E-state index contributed by atoms with van der Waals surface area (Å²) in [4.78, 5) is 36.0. The molecule has 1 fully saturated rings. The highest BCUT2D eigenvalue weighted by Gasteiger charge is 2.52. The zero-order valence-electron chi connectivity index (χ0n) is 18.3. The maximum atomic E-state index is 12.2. The van der Waals surface area contributed by atoms with Crippen LogP contribution in [0.3, 0.4) is 0 Å². The van der Waals surface area contributed by atoms with Gasteiger partial charge in [0.1, 0.15) is 0 Å². The van der Waals surface area contributed by atoms with Crippen LogP contribution in [0.5, 0.6) is 0 Å². The van der Waals surface area contributed by atoms with Gasteiger partial charge in [-0.2, -0.15) is 0 Å². The number of Topliss-reactive ketones (excluding diaryl/α,β-unsaturated/α-hetero) is 2. The van der Waals surface area contributed by atoms with Crippen molar-refractivity contribution in [2.24, 2.45) is 5.92 Å². The number of ether oxygens (including phenoxy) is 1. The molecule has 0 N–H and O–H groups in total. The Balaban J connectivity index is 1.97. The third kappa shape index (κ3) is 9.16. The van der Waals surface area contributed by atoms with Gasteiger partial charge in [0, 0.05) is 6.42 Å². The molecule has 1 atom stereocenters. The van der Waals surface area contributed by atoms with Crippen LogP contribution in [0, 0.1) is 5.92 Å². The Hall–Kier alpha value is -1.45. The lowest BCUT2D eigenvalue weighted by Gasteiger charge is -2.12. The summed E-state index contributed by atoms with van der Waals surface area (Å²) in [5.74, 6) is -2.53. The molecule has 0 aromatic heterocycles. The van der Waals surface area contributed by atoms with Gasteiger partial charge in [0.15, 0.2) is 23.1 Å². The molecular formula is C24H40O4. The fraction of sp³-hybridized carbons (Fsp3) is 0.792. The lowest BCUT2D eigenvalue weighted by atomic mass is 9.90. The Bertz CT molecular complexity index is 519. The van der Waals surface area contributed by atoms with Gasteiger partial charge in [0.05, 0.1) is 0 Å². The first-order chi connectivity index (χ1) is 13.4. The molecule has 0 amide bonds. The molecule has 0 radical (unpaired) electrons. The van der Waals surface area contributed by atoms with Crippen LogP contribution >= 0.6 is 0 Å². The molecule has 1 unspecified atom stereocenters. The highest BCUT2D eigenvalue weighted by atomic mass is 16.6. The second-order valence-electron chi connectivity index (χ2n) is 8.53. The molecule has 1 heterocycles. The van der Waals surface area contributed by atoms with Crippen molar-refractivity contribution in [3.05, 3.63) is 12.2 Å². The van der Waals surface area contributed by atoms with Crippen molar-refractivity contribution in [1.82, 2.24) is 0 Å². The normalized spacial score (nSPS) is 18.8. The predicted octanol–water partition coefficient (Wildman–Crippen LogP) is 6.11. The van der Waals surface area contributed by atoms with Crippen LogP contribution in [0.25, 0.3) is 0 Å². The van der Waals surface area contributed by atoms with Crippen molar-refractivity contribution in [2.75, 3.05) is 0 Å². The number of hydrogen-bond donors (Lipinski definition) is 0. The van der Waals surface area contributed by atoms with Gasteiger partial charge >= 0.3 is 5.97 Å². The molecule has 1 aliphatic rings. The number of cyclic esters (lactones) is 1. The Kier molecular flexibility index (Phi) is 12.0. The number of ketones is 2. The molecule has 160 valence electrons. The summed E-state index contributed by atoms with van der Waals surface area (Å²) < 4.78 is 5.01. The summed E-state index contributed by atoms with van der Waals surface area (Å²) in [7, 11) is 0. The molecule has 28 heavy (non-hydrogen) atoms. The van der Waals surface area contributed by atoms with Gasteiger partial charge in [-0.05, 0) is 46.0 Å². The van der Waals surface area contributed by atoms with E-state index in [1.807, 2.05) is 0 Å². The first-order valence-electron chi connectivity index (χ1n) is 11.3. The van der Waals surface area contributed by atoms with Crippen LogP contribution in [0.15, 0.2) is 12.2 Å². The molecule has 1 saturated heterocycles. The van der Waals surface area contributed by atoms with Gasteiger partial charge in [-0.15, -0.1) is 0 Å². The van der Waals surface area contributed by atoms with Crippen molar-refractivity contribution < 1.29 is 19.1 Å². The van der Waals surface area contributed by atoms with E-state index in [0.717, 1.165) is 32.1 Å². The summed E-state index contributed by atoms with van der Waals surface area (Å²) >= 11 is 0. The average molecular weight is 393 g/mol. The van der Waals surface area contributed by atoms with Crippen molar-refractivity contribution in [2.45, 2.75) is 116 Å². The third-order valence-electron chi connectivity index (χ3n) is 5.45. The lowest BCUT2D eigenvalue weighted by molar-refractivity contribution is -0.150. The second kappa shape index (κ2) is 13.7. The largest absolute Gasteiger partial charge is 0.451 e. The van der Waals surface area contributed by atoms with Crippen LogP contribution in [0.1, 0.15) is 111 Å². The molecule has 1 aliphatic heterocycles. The van der Waals surface area contributed by atoms with E-state index in [2.05, 4.69) is 19.1 Å². The topological polar surface area (TPSA) is 60.4 Å². The molecule has 4 heteroatoms. The van der Waals surface area contributed by atoms with Crippen LogP contribution in [-0.4, -0.2) is 23.1 Å². The Morgan fingerprint density at radius 3 is 1.86 bits per heavy atom. The maximum Gasteiger partial charge on any atom is 0.325 e. The highest BCUT2D eigenvalue weighted by Crippen LogP contribution is 2.28. The molecular weight excluding hydrogens is 352 g/mol. The molecule has 0 aromatic carbocycles. The molecule has 0 aromatic rings. The number of rotatable bonds is 16. The third-order valence-corrected chi connectivity index (χ3v) is 5.45. The van der Waals surface area contributed by atoms with E-state index >= 15 is 0 Å². The van der Waals surface area contributed by atoms with Gasteiger partial charge in [0.25, 0.3) is 0 Å². The standard InChI is InChI=1S/C24H40O4/c1-4-5-6-7-8-9-10-11-12-13-14-15-16-17-18-19-20(25)21-22(26)24(2,3)28-23(21)27/h11-12,21H,4-10,13-19H2,1-3H3. The summed E-state index contributed by atoms with van der Waals surface area (Å²) in [5, 5.41) is 0. The monoisotopic (exact) mass is 392 g/mol. The van der Waals surface area contributed by atoms with E-state index in [1.54, 1.807) is 13.8 Å². The average Bonchev–Trinajstić information content (AvgIpc) is 2.85. The quantitative estimate of drug-likeness (QED) is 0.137. The summed E-state index contributed by atoms with van der Waals surface area (Å²) in [6.07, 6.45) is 20.5.